The smallest absolute Gasteiger partial charge is 0.295 e. The first kappa shape index (κ1) is 14.4. The highest BCUT2D eigenvalue weighted by Gasteiger charge is 2.20. The van der Waals surface area contributed by atoms with Crippen molar-refractivity contribution < 1.29 is 22.4 Å². The van der Waals surface area contributed by atoms with Gasteiger partial charge in [-0.05, 0) is 12.1 Å². The van der Waals surface area contributed by atoms with Gasteiger partial charge in [0.2, 0.25) is 0 Å². The van der Waals surface area contributed by atoms with Gasteiger partial charge in [-0.25, -0.2) is 0 Å². The van der Waals surface area contributed by atoms with Crippen LogP contribution in [0.25, 0.3) is 11.1 Å². The summed E-state index contributed by atoms with van der Waals surface area (Å²) in [6, 6.07) is 11.3. The van der Waals surface area contributed by atoms with E-state index in [4.69, 9.17) is 9.47 Å². The lowest BCUT2D eigenvalue weighted by Gasteiger charge is -2.14. The van der Waals surface area contributed by atoms with Gasteiger partial charge in [0.15, 0.2) is 11.5 Å². The minimum Gasteiger partial charge on any atom is -0.493 e. The highest BCUT2D eigenvalue weighted by Crippen LogP contribution is 2.40. The molecule has 0 aromatic heterocycles. The number of para-hydroxylation sites is 1. The Kier molecular flexibility index (Phi) is 3.96. The van der Waals surface area contributed by atoms with Gasteiger partial charge in [-0.3, -0.25) is 4.55 Å². The van der Waals surface area contributed by atoms with Crippen LogP contribution in [0.5, 0.6) is 11.5 Å². The van der Waals surface area contributed by atoms with Gasteiger partial charge < -0.3 is 9.47 Å². The molecule has 6 heteroatoms. The van der Waals surface area contributed by atoms with E-state index in [9.17, 15) is 13.0 Å². The van der Waals surface area contributed by atoms with Crippen LogP contribution in [0.15, 0.2) is 47.4 Å². The highest BCUT2D eigenvalue weighted by atomic mass is 32.2. The standard InChI is InChI=1S/C14H14O5S/c1-18-12-8-5-7-11(14(12)19-2)10-6-3-4-9-13(10)20(15,16)17/h3-9H,1-2H3,(H,15,16,17). The van der Waals surface area contributed by atoms with Gasteiger partial charge in [-0.15, -0.1) is 0 Å². The minimum atomic E-state index is -4.32. The van der Waals surface area contributed by atoms with Crippen molar-refractivity contribution in [3.05, 3.63) is 42.5 Å². The summed E-state index contributed by atoms with van der Waals surface area (Å²) in [5.41, 5.74) is 0.880. The largest absolute Gasteiger partial charge is 0.493 e. The average molecular weight is 294 g/mol. The van der Waals surface area contributed by atoms with E-state index in [0.717, 1.165) is 0 Å². The molecule has 5 nitrogen and oxygen atoms in total. The molecule has 0 aliphatic carbocycles. The van der Waals surface area contributed by atoms with Gasteiger partial charge in [-0.1, -0.05) is 30.3 Å². The molecule has 0 radical (unpaired) electrons. The SMILES string of the molecule is COc1cccc(-c2ccccc2S(=O)(=O)O)c1OC. The maximum absolute atomic E-state index is 11.5. The van der Waals surface area contributed by atoms with Crippen LogP contribution in [0.4, 0.5) is 0 Å². The molecule has 20 heavy (non-hydrogen) atoms. The quantitative estimate of drug-likeness (QED) is 0.877. The monoisotopic (exact) mass is 294 g/mol. The Morgan fingerprint density at radius 2 is 1.55 bits per heavy atom. The molecule has 0 aliphatic heterocycles. The highest BCUT2D eigenvalue weighted by molar-refractivity contribution is 7.86. The van der Waals surface area contributed by atoms with Gasteiger partial charge in [0.1, 0.15) is 4.90 Å². The third-order valence-electron chi connectivity index (χ3n) is 2.86. The fourth-order valence-electron chi connectivity index (χ4n) is 2.01. The van der Waals surface area contributed by atoms with E-state index in [-0.39, 0.29) is 4.90 Å². The summed E-state index contributed by atoms with van der Waals surface area (Å²) in [5, 5.41) is 0. The maximum Gasteiger partial charge on any atom is 0.295 e. The van der Waals surface area contributed by atoms with Crippen molar-refractivity contribution >= 4 is 10.1 Å². The van der Waals surface area contributed by atoms with E-state index >= 15 is 0 Å². The first-order valence-electron chi connectivity index (χ1n) is 5.77. The van der Waals surface area contributed by atoms with E-state index in [0.29, 0.717) is 22.6 Å². The van der Waals surface area contributed by atoms with E-state index in [1.54, 1.807) is 36.4 Å². The molecule has 2 aromatic rings. The van der Waals surface area contributed by atoms with Crippen LogP contribution in [-0.4, -0.2) is 27.2 Å². The molecule has 0 aliphatic rings. The lowest BCUT2D eigenvalue weighted by atomic mass is 10.0. The van der Waals surface area contributed by atoms with Gasteiger partial charge in [0, 0.05) is 11.1 Å². The van der Waals surface area contributed by atoms with Crippen LogP contribution in [-0.2, 0) is 10.1 Å². The predicted octanol–water partition coefficient (Wildman–Crippen LogP) is 2.62. The summed E-state index contributed by atoms with van der Waals surface area (Å²) < 4.78 is 42.7. The first-order chi connectivity index (χ1) is 9.49. The molecule has 0 unspecified atom stereocenters. The van der Waals surface area contributed by atoms with Crippen molar-refractivity contribution in [3.63, 3.8) is 0 Å². The van der Waals surface area contributed by atoms with Crippen LogP contribution in [0.2, 0.25) is 0 Å². The van der Waals surface area contributed by atoms with Gasteiger partial charge in [0.05, 0.1) is 14.2 Å². The fourth-order valence-corrected chi connectivity index (χ4v) is 2.72. The fraction of sp³-hybridized carbons (Fsp3) is 0.143. The minimum absolute atomic E-state index is 0.174. The molecule has 0 bridgehead atoms. The van der Waals surface area contributed by atoms with Gasteiger partial charge in [0.25, 0.3) is 10.1 Å². The summed E-state index contributed by atoms with van der Waals surface area (Å²) in [4.78, 5) is -0.174. The van der Waals surface area contributed by atoms with E-state index in [1.165, 1.54) is 20.3 Å². The topological polar surface area (TPSA) is 72.8 Å². The molecule has 2 aromatic carbocycles. The molecule has 0 heterocycles. The van der Waals surface area contributed by atoms with Crippen LogP contribution in [0, 0.1) is 0 Å². The summed E-state index contributed by atoms with van der Waals surface area (Å²) in [6.07, 6.45) is 0. The molecular weight excluding hydrogens is 280 g/mol. The third kappa shape index (κ3) is 2.61. The molecule has 0 fully saturated rings. The van der Waals surface area contributed by atoms with Gasteiger partial charge in [-0.2, -0.15) is 8.42 Å². The number of hydrogen-bond acceptors (Lipinski definition) is 4. The molecule has 0 saturated carbocycles. The molecule has 0 spiro atoms. The van der Waals surface area contributed by atoms with Crippen molar-refractivity contribution in [1.29, 1.82) is 0 Å². The Morgan fingerprint density at radius 1 is 0.900 bits per heavy atom. The predicted molar refractivity (Wildman–Crippen MR) is 74.8 cm³/mol. The number of methoxy groups -OCH3 is 2. The average Bonchev–Trinajstić information content (AvgIpc) is 2.45. The van der Waals surface area contributed by atoms with Crippen molar-refractivity contribution in [2.24, 2.45) is 0 Å². The zero-order valence-corrected chi connectivity index (χ0v) is 11.8. The van der Waals surface area contributed by atoms with E-state index in [2.05, 4.69) is 0 Å². The second kappa shape index (κ2) is 5.52. The lowest BCUT2D eigenvalue weighted by Crippen LogP contribution is -2.01. The molecule has 0 atom stereocenters. The zero-order chi connectivity index (χ0) is 14.8. The summed E-state index contributed by atoms with van der Waals surface area (Å²) in [6.45, 7) is 0. The maximum atomic E-state index is 11.5. The van der Waals surface area contributed by atoms with Crippen LogP contribution in [0.3, 0.4) is 0 Å². The summed E-state index contributed by atoms with van der Waals surface area (Å²) in [7, 11) is -1.36. The summed E-state index contributed by atoms with van der Waals surface area (Å²) in [5.74, 6) is 0.890. The molecule has 0 amide bonds. The molecule has 2 rings (SSSR count). The van der Waals surface area contributed by atoms with Crippen molar-refractivity contribution in [1.82, 2.24) is 0 Å². The van der Waals surface area contributed by atoms with Crippen LogP contribution in [0.1, 0.15) is 0 Å². The second-order valence-electron chi connectivity index (χ2n) is 4.01. The molecular formula is C14H14O5S. The number of rotatable bonds is 4. The van der Waals surface area contributed by atoms with Crippen molar-refractivity contribution in [3.8, 4) is 22.6 Å². The second-order valence-corrected chi connectivity index (χ2v) is 5.40. The Balaban J connectivity index is 2.76. The Labute approximate surface area is 117 Å². The number of ether oxygens (including phenoxy) is 2. The van der Waals surface area contributed by atoms with E-state index < -0.39 is 10.1 Å². The molecule has 1 N–H and O–H groups in total. The lowest BCUT2D eigenvalue weighted by molar-refractivity contribution is 0.356. The number of hydrogen-bond donors (Lipinski definition) is 1. The Bertz CT molecular complexity index is 722. The first-order valence-corrected chi connectivity index (χ1v) is 7.21. The Morgan fingerprint density at radius 3 is 2.15 bits per heavy atom. The van der Waals surface area contributed by atoms with Crippen molar-refractivity contribution in [2.45, 2.75) is 4.90 Å². The van der Waals surface area contributed by atoms with Crippen LogP contribution >= 0.6 is 0 Å². The zero-order valence-electron chi connectivity index (χ0n) is 11.0. The normalized spacial score (nSPS) is 11.2. The molecule has 106 valence electrons. The van der Waals surface area contributed by atoms with Crippen molar-refractivity contribution in [2.75, 3.05) is 14.2 Å². The van der Waals surface area contributed by atoms with Gasteiger partial charge >= 0.3 is 0 Å². The van der Waals surface area contributed by atoms with Crippen LogP contribution < -0.4 is 9.47 Å². The summed E-state index contributed by atoms with van der Waals surface area (Å²) >= 11 is 0. The third-order valence-corrected chi connectivity index (χ3v) is 3.77. The Hall–Kier alpha value is -2.05. The number of benzene rings is 2. The van der Waals surface area contributed by atoms with E-state index in [1.807, 2.05) is 0 Å². The molecule has 0 saturated heterocycles.